The van der Waals surface area contributed by atoms with Gasteiger partial charge in [-0.15, -0.1) is 0 Å². The van der Waals surface area contributed by atoms with Crippen molar-refractivity contribution in [3.8, 4) is 0 Å². The maximum atomic E-state index is 12.6. The number of rotatable bonds is 1. The number of halogens is 3. The Balaban J connectivity index is 1.96. The molecule has 0 fully saturated rings. The van der Waals surface area contributed by atoms with Crippen molar-refractivity contribution in [2.24, 2.45) is 0 Å². The van der Waals surface area contributed by atoms with Gasteiger partial charge in [-0.05, 0) is 36.4 Å². The lowest BCUT2D eigenvalue weighted by Crippen LogP contribution is -2.36. The van der Waals surface area contributed by atoms with Crippen molar-refractivity contribution in [3.05, 3.63) is 64.7 Å². The highest BCUT2D eigenvalue weighted by Gasteiger charge is 2.41. The molecule has 0 bridgehead atoms. The molecule has 0 saturated heterocycles. The summed E-state index contributed by atoms with van der Waals surface area (Å²) in [5.74, 6) is -2.75. The number of anilines is 1. The summed E-state index contributed by atoms with van der Waals surface area (Å²) in [4.78, 5) is 37.3. The Bertz CT molecular complexity index is 873. The first-order valence-electron chi connectivity index (χ1n) is 6.70. The molecule has 0 spiro atoms. The molecule has 1 aliphatic rings. The predicted octanol–water partition coefficient (Wildman–Crippen LogP) is 2.72. The number of fused-ring (bicyclic) bond motifs is 1. The van der Waals surface area contributed by atoms with Crippen LogP contribution in [-0.2, 0) is 6.18 Å². The number of hydrogen-bond donors (Lipinski definition) is 1. The molecule has 24 heavy (non-hydrogen) atoms. The van der Waals surface area contributed by atoms with Crippen molar-refractivity contribution in [3.63, 3.8) is 0 Å². The maximum absolute atomic E-state index is 12.6. The number of carbonyl (C=O) groups is 3. The molecule has 3 amide bonds. The smallest absolute Gasteiger partial charge is 0.398 e. The summed E-state index contributed by atoms with van der Waals surface area (Å²) >= 11 is 0. The van der Waals surface area contributed by atoms with Crippen LogP contribution in [0.5, 0.6) is 0 Å². The minimum atomic E-state index is -4.55. The molecular formula is C16H9F3N2O3. The van der Waals surface area contributed by atoms with Crippen molar-refractivity contribution in [2.45, 2.75) is 6.18 Å². The second-order valence-electron chi connectivity index (χ2n) is 5.10. The average Bonchev–Trinajstić information content (AvgIpc) is 2.78. The fourth-order valence-corrected chi connectivity index (χ4v) is 2.43. The fraction of sp³-hybridized carbons (Fsp3) is 0.0625. The molecule has 0 radical (unpaired) electrons. The van der Waals surface area contributed by atoms with Crippen molar-refractivity contribution < 1.29 is 27.6 Å². The van der Waals surface area contributed by atoms with Crippen LogP contribution in [0.25, 0.3) is 0 Å². The summed E-state index contributed by atoms with van der Waals surface area (Å²) in [6.07, 6.45) is -4.55. The first-order chi connectivity index (χ1) is 11.2. The van der Waals surface area contributed by atoms with Crippen molar-refractivity contribution >= 4 is 23.4 Å². The summed E-state index contributed by atoms with van der Waals surface area (Å²) in [5, 5.41) is 0. The van der Waals surface area contributed by atoms with E-state index in [4.69, 9.17) is 5.73 Å². The number of imide groups is 3. The quantitative estimate of drug-likeness (QED) is 0.642. The molecule has 3 rings (SSSR count). The Morgan fingerprint density at radius 1 is 0.958 bits per heavy atom. The third-order valence-corrected chi connectivity index (χ3v) is 3.61. The average molecular weight is 334 g/mol. The number of nitrogens with two attached hydrogens (primary N) is 1. The van der Waals surface area contributed by atoms with E-state index >= 15 is 0 Å². The lowest BCUT2D eigenvalue weighted by atomic mass is 10.1. The lowest BCUT2D eigenvalue weighted by Gasteiger charge is -2.13. The van der Waals surface area contributed by atoms with E-state index in [9.17, 15) is 27.6 Å². The lowest BCUT2D eigenvalue weighted by molar-refractivity contribution is -0.137. The molecule has 0 aliphatic carbocycles. The molecule has 2 aromatic carbocycles. The highest BCUT2D eigenvalue weighted by Crippen LogP contribution is 2.31. The van der Waals surface area contributed by atoms with E-state index in [2.05, 4.69) is 0 Å². The number of alkyl halides is 3. The van der Waals surface area contributed by atoms with Crippen molar-refractivity contribution in [1.29, 1.82) is 0 Å². The Hall–Kier alpha value is -3.16. The van der Waals surface area contributed by atoms with Gasteiger partial charge in [0.25, 0.3) is 17.7 Å². The van der Waals surface area contributed by atoms with Crippen LogP contribution in [-0.4, -0.2) is 22.6 Å². The first kappa shape index (κ1) is 15.7. The zero-order chi connectivity index (χ0) is 17.6. The van der Waals surface area contributed by atoms with Gasteiger partial charge in [-0.25, -0.2) is 4.90 Å². The topological polar surface area (TPSA) is 80.5 Å². The van der Waals surface area contributed by atoms with Crippen LogP contribution in [0.3, 0.4) is 0 Å². The highest BCUT2D eigenvalue weighted by molar-refractivity contribution is 6.32. The molecule has 5 nitrogen and oxygen atoms in total. The second kappa shape index (κ2) is 5.19. The van der Waals surface area contributed by atoms with Crippen LogP contribution in [0, 0.1) is 0 Å². The zero-order valence-electron chi connectivity index (χ0n) is 11.9. The summed E-state index contributed by atoms with van der Waals surface area (Å²) in [5.41, 5.74) is 4.46. The number of nitrogens with zero attached hydrogens (tertiary/aromatic N) is 1. The predicted molar refractivity (Wildman–Crippen MR) is 77.1 cm³/mol. The van der Waals surface area contributed by atoms with Gasteiger partial charge >= 0.3 is 6.18 Å². The minimum Gasteiger partial charge on any atom is -0.398 e. The maximum Gasteiger partial charge on any atom is 0.416 e. The first-order valence-corrected chi connectivity index (χ1v) is 6.70. The Morgan fingerprint density at radius 2 is 1.58 bits per heavy atom. The van der Waals surface area contributed by atoms with E-state index < -0.39 is 29.5 Å². The van der Waals surface area contributed by atoms with E-state index in [1.54, 1.807) is 0 Å². The third kappa shape index (κ3) is 2.32. The van der Waals surface area contributed by atoms with Gasteiger partial charge in [-0.3, -0.25) is 14.4 Å². The molecule has 2 N–H and O–H groups in total. The van der Waals surface area contributed by atoms with Crippen LogP contribution in [0.4, 0.5) is 18.9 Å². The normalized spacial score (nSPS) is 14.0. The number of nitrogen functional groups attached to an aromatic ring is 1. The van der Waals surface area contributed by atoms with Gasteiger partial charge in [-0.2, -0.15) is 13.2 Å². The molecule has 0 aromatic heterocycles. The van der Waals surface area contributed by atoms with Crippen LogP contribution in [0.2, 0.25) is 0 Å². The van der Waals surface area contributed by atoms with Gasteiger partial charge in [0.1, 0.15) is 0 Å². The van der Waals surface area contributed by atoms with E-state index in [0.29, 0.717) is 17.0 Å². The van der Waals surface area contributed by atoms with Crippen molar-refractivity contribution in [1.82, 2.24) is 4.90 Å². The van der Waals surface area contributed by atoms with Crippen LogP contribution >= 0.6 is 0 Å². The Labute approximate surface area is 133 Å². The Morgan fingerprint density at radius 3 is 2.12 bits per heavy atom. The molecule has 2 aromatic rings. The van der Waals surface area contributed by atoms with Gasteiger partial charge in [0, 0.05) is 11.3 Å². The molecule has 0 atom stereocenters. The van der Waals surface area contributed by atoms with Gasteiger partial charge in [0.05, 0.1) is 16.7 Å². The number of carbonyl (C=O) groups excluding carboxylic acids is 3. The molecule has 1 heterocycles. The Kier molecular flexibility index (Phi) is 3.40. The fourth-order valence-electron chi connectivity index (χ4n) is 2.43. The SMILES string of the molecule is Nc1cccc2c1C(=O)N(C(=O)c1ccc(C(F)(F)F)cc1)C2=O. The highest BCUT2D eigenvalue weighted by atomic mass is 19.4. The van der Waals surface area contributed by atoms with E-state index in [1.165, 1.54) is 18.2 Å². The van der Waals surface area contributed by atoms with E-state index in [-0.39, 0.29) is 22.4 Å². The van der Waals surface area contributed by atoms with Crippen molar-refractivity contribution in [2.75, 3.05) is 5.73 Å². The molecule has 0 saturated carbocycles. The van der Waals surface area contributed by atoms with Gasteiger partial charge in [0.15, 0.2) is 0 Å². The molecule has 1 aliphatic heterocycles. The standard InChI is InChI=1S/C16H9F3N2O3/c17-16(18,19)9-6-4-8(5-7-9)13(22)21-14(23)10-2-1-3-11(20)12(10)15(21)24/h1-7H,20H2. The van der Waals surface area contributed by atoms with E-state index in [1.807, 2.05) is 0 Å². The number of benzene rings is 2. The monoisotopic (exact) mass is 334 g/mol. The number of amides is 3. The zero-order valence-corrected chi connectivity index (χ0v) is 11.9. The second-order valence-corrected chi connectivity index (χ2v) is 5.10. The molecule has 122 valence electrons. The summed E-state index contributed by atoms with van der Waals surface area (Å²) in [6.45, 7) is 0. The van der Waals surface area contributed by atoms with Crippen LogP contribution < -0.4 is 5.73 Å². The molecule has 8 heteroatoms. The van der Waals surface area contributed by atoms with Gasteiger partial charge < -0.3 is 5.73 Å². The summed E-state index contributed by atoms with van der Waals surface area (Å²) in [6, 6.07) is 7.48. The van der Waals surface area contributed by atoms with Gasteiger partial charge in [-0.1, -0.05) is 6.07 Å². The minimum absolute atomic E-state index is 0.0136. The third-order valence-electron chi connectivity index (χ3n) is 3.61. The van der Waals surface area contributed by atoms with E-state index in [0.717, 1.165) is 12.1 Å². The van der Waals surface area contributed by atoms with Gasteiger partial charge in [0.2, 0.25) is 0 Å². The number of hydrogen-bond acceptors (Lipinski definition) is 4. The summed E-state index contributed by atoms with van der Waals surface area (Å²) < 4.78 is 37.7. The molecule has 0 unspecified atom stereocenters. The van der Waals surface area contributed by atoms with Crippen LogP contribution in [0.1, 0.15) is 36.6 Å². The summed E-state index contributed by atoms with van der Waals surface area (Å²) in [7, 11) is 0. The largest absolute Gasteiger partial charge is 0.416 e. The molecular weight excluding hydrogens is 325 g/mol. The van der Waals surface area contributed by atoms with Crippen LogP contribution in [0.15, 0.2) is 42.5 Å².